The highest BCUT2D eigenvalue weighted by molar-refractivity contribution is 7.97. The molecule has 0 saturated carbocycles. The second-order valence-electron chi connectivity index (χ2n) is 5.61. The summed E-state index contributed by atoms with van der Waals surface area (Å²) in [6.45, 7) is 3.84. The molecule has 0 spiro atoms. The van der Waals surface area contributed by atoms with Crippen molar-refractivity contribution >= 4 is 24.0 Å². The zero-order valence-electron chi connectivity index (χ0n) is 12.7. The molecule has 3 rings (SSSR count). The number of nitrogens with zero attached hydrogens (tertiary/aromatic N) is 2. The van der Waals surface area contributed by atoms with Crippen molar-refractivity contribution in [2.24, 2.45) is 0 Å². The summed E-state index contributed by atoms with van der Waals surface area (Å²) < 4.78 is 8.50. The van der Waals surface area contributed by atoms with Crippen molar-refractivity contribution in [2.75, 3.05) is 6.61 Å². The Bertz CT molecular complexity index is 674. The molecule has 0 amide bonds. The van der Waals surface area contributed by atoms with Gasteiger partial charge in [-0.05, 0) is 43.1 Å². The van der Waals surface area contributed by atoms with Gasteiger partial charge in [-0.3, -0.25) is 5.10 Å². The average molecular weight is 335 g/mol. The Morgan fingerprint density at radius 2 is 2.27 bits per heavy atom. The summed E-state index contributed by atoms with van der Waals surface area (Å²) in [6, 6.07) is 8.52. The van der Waals surface area contributed by atoms with Crippen molar-refractivity contribution in [1.82, 2.24) is 14.8 Å². The molecule has 0 unspecified atom stereocenters. The molecule has 0 aliphatic carbocycles. The van der Waals surface area contributed by atoms with E-state index in [-0.39, 0.29) is 6.10 Å². The van der Waals surface area contributed by atoms with E-state index >= 15 is 0 Å². The number of benzene rings is 1. The summed E-state index contributed by atoms with van der Waals surface area (Å²) >= 11 is 7.22. The third-order valence-corrected chi connectivity index (χ3v) is 5.29. The van der Waals surface area contributed by atoms with E-state index < -0.39 is 0 Å². The standard InChI is InChI=1S/C16H21N3OS2/c1-12-5-2-3-6-13(12)10-22-11-15-17-18-16(21)19(15)9-14-7-4-8-20-14/h2-3,5-6,14H,4,7-11H2,1H3,(H,18,21)/t14-/m0/s1. The van der Waals surface area contributed by atoms with Crippen LogP contribution in [-0.2, 0) is 22.8 Å². The molecule has 2 aromatic rings. The molecule has 118 valence electrons. The van der Waals surface area contributed by atoms with Gasteiger partial charge < -0.3 is 9.30 Å². The Hall–Kier alpha value is -1.11. The number of hydrogen-bond acceptors (Lipinski definition) is 4. The molecule has 1 aromatic carbocycles. The number of ether oxygens (including phenoxy) is 1. The van der Waals surface area contributed by atoms with Crippen LogP contribution in [0.2, 0.25) is 0 Å². The van der Waals surface area contributed by atoms with E-state index in [0.717, 1.165) is 43.3 Å². The van der Waals surface area contributed by atoms with Gasteiger partial charge in [-0.25, -0.2) is 0 Å². The quantitative estimate of drug-likeness (QED) is 0.814. The van der Waals surface area contributed by atoms with Gasteiger partial charge in [-0.1, -0.05) is 24.3 Å². The molecular formula is C16H21N3OS2. The van der Waals surface area contributed by atoms with E-state index in [4.69, 9.17) is 17.0 Å². The maximum absolute atomic E-state index is 5.71. The Balaban J connectivity index is 1.60. The first kappa shape index (κ1) is 15.8. The first-order chi connectivity index (χ1) is 10.7. The maximum Gasteiger partial charge on any atom is 0.195 e. The first-order valence-electron chi connectivity index (χ1n) is 7.62. The zero-order chi connectivity index (χ0) is 15.4. The van der Waals surface area contributed by atoms with Gasteiger partial charge in [0.05, 0.1) is 18.4 Å². The van der Waals surface area contributed by atoms with Gasteiger partial charge >= 0.3 is 0 Å². The molecule has 1 saturated heterocycles. The predicted molar refractivity (Wildman–Crippen MR) is 92.6 cm³/mol. The van der Waals surface area contributed by atoms with Crippen LogP contribution < -0.4 is 0 Å². The van der Waals surface area contributed by atoms with E-state index in [1.807, 2.05) is 11.8 Å². The highest BCUT2D eigenvalue weighted by atomic mass is 32.2. The largest absolute Gasteiger partial charge is 0.376 e. The van der Waals surface area contributed by atoms with E-state index in [1.54, 1.807) is 0 Å². The van der Waals surface area contributed by atoms with E-state index in [1.165, 1.54) is 11.1 Å². The lowest BCUT2D eigenvalue weighted by Crippen LogP contribution is -2.17. The summed E-state index contributed by atoms with van der Waals surface area (Å²) in [6.07, 6.45) is 2.54. The molecule has 0 radical (unpaired) electrons. The number of nitrogens with one attached hydrogen (secondary N) is 1. The molecule has 1 aliphatic rings. The Kier molecular flexibility index (Phi) is 5.33. The number of H-pyrrole nitrogens is 1. The Morgan fingerprint density at radius 3 is 3.05 bits per heavy atom. The number of thioether (sulfide) groups is 1. The molecule has 1 fully saturated rings. The van der Waals surface area contributed by atoms with Crippen LogP contribution in [0.4, 0.5) is 0 Å². The van der Waals surface area contributed by atoms with Gasteiger partial charge in [-0.2, -0.15) is 5.10 Å². The first-order valence-corrected chi connectivity index (χ1v) is 9.18. The Labute approximate surface area is 140 Å². The van der Waals surface area contributed by atoms with Gasteiger partial charge in [-0.15, -0.1) is 11.8 Å². The lowest BCUT2D eigenvalue weighted by atomic mass is 10.1. The molecule has 4 nitrogen and oxygen atoms in total. The summed E-state index contributed by atoms with van der Waals surface area (Å²) in [4.78, 5) is 0. The van der Waals surface area contributed by atoms with Crippen LogP contribution in [0, 0.1) is 11.7 Å². The number of aromatic nitrogens is 3. The predicted octanol–water partition coefficient (Wildman–Crippen LogP) is 3.86. The maximum atomic E-state index is 5.71. The van der Waals surface area contributed by atoms with E-state index in [2.05, 4.69) is 46.0 Å². The van der Waals surface area contributed by atoms with Crippen LogP contribution in [0.3, 0.4) is 0 Å². The fourth-order valence-electron chi connectivity index (χ4n) is 2.67. The average Bonchev–Trinajstić information content (AvgIpc) is 3.14. The molecule has 2 heterocycles. The fraction of sp³-hybridized carbons (Fsp3) is 0.500. The number of aryl methyl sites for hydroxylation is 1. The fourth-order valence-corrected chi connectivity index (χ4v) is 3.94. The van der Waals surface area contributed by atoms with Gasteiger partial charge in [0.25, 0.3) is 0 Å². The van der Waals surface area contributed by atoms with E-state index in [0.29, 0.717) is 4.77 Å². The van der Waals surface area contributed by atoms with Crippen LogP contribution in [0.1, 0.15) is 29.8 Å². The van der Waals surface area contributed by atoms with Crippen molar-refractivity contribution in [1.29, 1.82) is 0 Å². The van der Waals surface area contributed by atoms with Gasteiger partial charge in [0, 0.05) is 12.4 Å². The highest BCUT2D eigenvalue weighted by Crippen LogP contribution is 2.21. The topological polar surface area (TPSA) is 42.8 Å². The van der Waals surface area contributed by atoms with Crippen LogP contribution >= 0.6 is 24.0 Å². The minimum atomic E-state index is 0.282. The summed E-state index contributed by atoms with van der Waals surface area (Å²) in [5.74, 6) is 2.86. The van der Waals surface area contributed by atoms with Crippen molar-refractivity contribution in [3.8, 4) is 0 Å². The SMILES string of the molecule is Cc1ccccc1CSCc1n[nH]c(=S)n1C[C@@H]1CCCO1. The number of aromatic amines is 1. The molecule has 1 N–H and O–H groups in total. The summed E-state index contributed by atoms with van der Waals surface area (Å²) in [5, 5.41) is 7.30. The van der Waals surface area contributed by atoms with Crippen molar-refractivity contribution in [2.45, 2.75) is 43.9 Å². The molecule has 6 heteroatoms. The minimum absolute atomic E-state index is 0.282. The molecule has 1 aromatic heterocycles. The van der Waals surface area contributed by atoms with Gasteiger partial charge in [0.1, 0.15) is 5.82 Å². The molecular weight excluding hydrogens is 314 g/mol. The van der Waals surface area contributed by atoms with Gasteiger partial charge in [0.2, 0.25) is 0 Å². The molecule has 0 bridgehead atoms. The van der Waals surface area contributed by atoms with Crippen molar-refractivity contribution in [3.63, 3.8) is 0 Å². The highest BCUT2D eigenvalue weighted by Gasteiger charge is 2.18. The second-order valence-corrected chi connectivity index (χ2v) is 6.98. The lowest BCUT2D eigenvalue weighted by molar-refractivity contribution is 0.0960. The number of rotatable bonds is 6. The molecule has 22 heavy (non-hydrogen) atoms. The lowest BCUT2D eigenvalue weighted by Gasteiger charge is -2.12. The second kappa shape index (κ2) is 7.44. The Morgan fingerprint density at radius 1 is 1.41 bits per heavy atom. The smallest absolute Gasteiger partial charge is 0.195 e. The zero-order valence-corrected chi connectivity index (χ0v) is 14.4. The van der Waals surface area contributed by atoms with Crippen LogP contribution in [0.25, 0.3) is 0 Å². The normalized spacial score (nSPS) is 18.0. The van der Waals surface area contributed by atoms with Crippen LogP contribution in [0.15, 0.2) is 24.3 Å². The minimum Gasteiger partial charge on any atom is -0.376 e. The third kappa shape index (κ3) is 3.80. The van der Waals surface area contributed by atoms with Crippen molar-refractivity contribution < 1.29 is 4.74 Å². The van der Waals surface area contributed by atoms with Crippen molar-refractivity contribution in [3.05, 3.63) is 46.0 Å². The summed E-state index contributed by atoms with van der Waals surface area (Å²) in [7, 11) is 0. The van der Waals surface area contributed by atoms with Gasteiger partial charge in [0.15, 0.2) is 4.77 Å². The van der Waals surface area contributed by atoms with Crippen LogP contribution in [-0.4, -0.2) is 27.5 Å². The third-order valence-electron chi connectivity index (χ3n) is 4.00. The number of hydrogen-bond donors (Lipinski definition) is 1. The molecule has 1 atom stereocenters. The summed E-state index contributed by atoms with van der Waals surface area (Å²) in [5.41, 5.74) is 2.72. The van der Waals surface area contributed by atoms with Crippen LogP contribution in [0.5, 0.6) is 0 Å². The van der Waals surface area contributed by atoms with E-state index in [9.17, 15) is 0 Å². The molecule has 1 aliphatic heterocycles. The monoisotopic (exact) mass is 335 g/mol.